The molecule has 2 bridgehead atoms. The van der Waals surface area contributed by atoms with E-state index in [0.717, 1.165) is 5.56 Å². The zero-order chi connectivity index (χ0) is 31.7. The fraction of sp³-hybridized carbons (Fsp3) is 0.633. The highest BCUT2D eigenvalue weighted by Gasteiger charge is 2.42. The molecule has 5 N–H and O–H groups in total. The zero-order valence-corrected chi connectivity index (χ0v) is 25.6. The number of hydrogen-bond acceptors (Lipinski definition) is 8. The van der Waals surface area contributed by atoms with Crippen LogP contribution in [-0.4, -0.2) is 103 Å². The summed E-state index contributed by atoms with van der Waals surface area (Å²) in [5.74, 6) is -1.78. The number of rotatable bonds is 6. The van der Waals surface area contributed by atoms with Crippen molar-refractivity contribution >= 4 is 29.5 Å². The van der Waals surface area contributed by atoms with Crippen molar-refractivity contribution in [3.63, 3.8) is 0 Å². The van der Waals surface area contributed by atoms with E-state index < -0.39 is 59.8 Å². The molecule has 4 rings (SSSR count). The van der Waals surface area contributed by atoms with Gasteiger partial charge < -0.3 is 40.7 Å². The molecule has 1 fully saturated rings. The first-order valence-corrected chi connectivity index (χ1v) is 14.8. The monoisotopic (exact) mass is 603 g/mol. The third-order valence-electron chi connectivity index (χ3n) is 7.48. The predicted octanol–water partition coefficient (Wildman–Crippen LogP) is -0.355. The maximum absolute atomic E-state index is 13.6. The number of benzene rings is 1. The molecular weight excluding hydrogens is 558 g/mol. The predicted molar refractivity (Wildman–Crippen MR) is 157 cm³/mol. The Morgan fingerprint density at radius 1 is 1.09 bits per heavy atom. The minimum Gasteiger partial charge on any atom is -0.491 e. The summed E-state index contributed by atoms with van der Waals surface area (Å²) in [5, 5.41) is 21.4. The van der Waals surface area contributed by atoms with Gasteiger partial charge in [0.15, 0.2) is 0 Å². The van der Waals surface area contributed by atoms with Crippen molar-refractivity contribution in [1.29, 1.82) is 0 Å². The number of carbonyl (C=O) groups excluding carboxylic acids is 5. The highest BCUT2D eigenvalue weighted by molar-refractivity contribution is 5.96. The van der Waals surface area contributed by atoms with Gasteiger partial charge in [0, 0.05) is 26.5 Å². The number of carbonyl (C=O) groups is 5. The minimum absolute atomic E-state index is 0.00852. The molecule has 3 aliphatic heterocycles. The van der Waals surface area contributed by atoms with Gasteiger partial charge in [0.1, 0.15) is 43.1 Å². The fourth-order valence-electron chi connectivity index (χ4n) is 5.29. The summed E-state index contributed by atoms with van der Waals surface area (Å²) in [6, 6.07) is 2.73. The normalized spacial score (nSPS) is 27.6. The van der Waals surface area contributed by atoms with Gasteiger partial charge in [-0.05, 0) is 43.4 Å². The van der Waals surface area contributed by atoms with Gasteiger partial charge >= 0.3 is 0 Å². The lowest BCUT2D eigenvalue weighted by atomic mass is 10.0. The van der Waals surface area contributed by atoms with E-state index in [0.29, 0.717) is 12.2 Å². The lowest BCUT2D eigenvalue weighted by Gasteiger charge is -2.30. The van der Waals surface area contributed by atoms with E-state index in [1.165, 1.54) is 12.0 Å². The van der Waals surface area contributed by atoms with Crippen molar-refractivity contribution in [3.05, 3.63) is 29.8 Å². The third kappa shape index (κ3) is 9.65. The number of aliphatic hydroxyl groups is 1. The Morgan fingerprint density at radius 3 is 2.42 bits per heavy atom. The van der Waals surface area contributed by atoms with Crippen LogP contribution in [0.3, 0.4) is 0 Å². The van der Waals surface area contributed by atoms with Crippen LogP contribution < -0.4 is 26.0 Å². The third-order valence-corrected chi connectivity index (χ3v) is 7.48. The van der Waals surface area contributed by atoms with Gasteiger partial charge in [0.2, 0.25) is 29.5 Å². The SMILES string of the molecule is CC[C@@H]1NC(=O)[C@@H](NC(=O)COC)Cc2ccc(cc2)OC[C@H](CC(C)C)NC(=O)[C@@H](C)NC(=O)[C@@H]2C[C@@H](O)CN2C1=O. The minimum atomic E-state index is -1.03. The standard InChI is InChI=1S/C30H45N5O8/c1-6-23-30(41)35-14-21(36)13-25(35)29(40)31-18(4)27(38)32-20(11-17(2)3)15-43-22-9-7-19(8-10-22)12-24(28(39)34-23)33-26(37)16-42-5/h7-10,17-18,20-21,23-25,36H,6,11-16H2,1-5H3,(H,31,40)(H,32,38)(H,33,37)(H,34,39)/t18-,20+,21-,23+,24+,25+/m1/s1. The van der Waals surface area contributed by atoms with Gasteiger partial charge in [-0.25, -0.2) is 0 Å². The Balaban J connectivity index is 1.95. The Hall–Kier alpha value is -3.71. The Kier molecular flexibility index (Phi) is 12.3. The molecule has 3 aliphatic rings. The molecule has 238 valence electrons. The molecule has 0 aliphatic carbocycles. The van der Waals surface area contributed by atoms with E-state index in [1.54, 1.807) is 38.1 Å². The molecule has 0 aromatic heterocycles. The van der Waals surface area contributed by atoms with E-state index in [2.05, 4.69) is 21.3 Å². The van der Waals surface area contributed by atoms with Crippen LogP contribution in [0.4, 0.5) is 0 Å². The second-order valence-corrected chi connectivity index (χ2v) is 11.6. The molecule has 1 aromatic rings. The first-order chi connectivity index (χ1) is 20.4. The molecule has 1 saturated heterocycles. The van der Waals surface area contributed by atoms with Gasteiger partial charge in [-0.3, -0.25) is 24.0 Å². The van der Waals surface area contributed by atoms with Crippen LogP contribution in [0.2, 0.25) is 0 Å². The Labute approximate surface area is 252 Å². The first kappa shape index (κ1) is 33.8. The number of amides is 5. The van der Waals surface area contributed by atoms with Gasteiger partial charge in [-0.1, -0.05) is 32.9 Å². The maximum atomic E-state index is 13.6. The average Bonchev–Trinajstić information content (AvgIpc) is 3.35. The van der Waals surface area contributed by atoms with Crippen LogP contribution in [0.5, 0.6) is 5.75 Å². The number of aliphatic hydroxyl groups excluding tert-OH is 1. The summed E-state index contributed by atoms with van der Waals surface area (Å²) in [5.41, 5.74) is 0.735. The van der Waals surface area contributed by atoms with Crippen molar-refractivity contribution in [2.45, 2.75) is 89.7 Å². The van der Waals surface area contributed by atoms with E-state index >= 15 is 0 Å². The lowest BCUT2D eigenvalue weighted by Crippen LogP contribution is -2.58. The number of nitrogens with zero attached hydrogens (tertiary/aromatic N) is 1. The van der Waals surface area contributed by atoms with E-state index in [9.17, 15) is 29.1 Å². The van der Waals surface area contributed by atoms with E-state index in [1.807, 2.05) is 13.8 Å². The smallest absolute Gasteiger partial charge is 0.246 e. The van der Waals surface area contributed by atoms with Gasteiger partial charge in [0.05, 0.1) is 12.1 Å². The molecular formula is C30H45N5O8. The molecule has 1 aromatic carbocycles. The average molecular weight is 604 g/mol. The van der Waals surface area contributed by atoms with Crippen LogP contribution in [0, 0.1) is 5.92 Å². The summed E-state index contributed by atoms with van der Waals surface area (Å²) in [6.45, 7) is 7.16. The summed E-state index contributed by atoms with van der Waals surface area (Å²) in [4.78, 5) is 67.0. The van der Waals surface area contributed by atoms with Crippen LogP contribution >= 0.6 is 0 Å². The molecule has 13 heteroatoms. The molecule has 13 nitrogen and oxygen atoms in total. The van der Waals surface area contributed by atoms with Crippen LogP contribution in [0.1, 0.15) is 52.5 Å². The Bertz CT molecular complexity index is 1140. The molecule has 0 radical (unpaired) electrons. The molecule has 0 spiro atoms. The van der Waals surface area contributed by atoms with Crippen molar-refractivity contribution in [3.8, 4) is 5.75 Å². The van der Waals surface area contributed by atoms with Gasteiger partial charge in [-0.2, -0.15) is 0 Å². The van der Waals surface area contributed by atoms with Crippen LogP contribution in [0.25, 0.3) is 0 Å². The van der Waals surface area contributed by atoms with Crippen molar-refractivity contribution in [2.75, 3.05) is 26.9 Å². The summed E-state index contributed by atoms with van der Waals surface area (Å²) in [7, 11) is 1.37. The second kappa shape index (κ2) is 15.7. The quantitative estimate of drug-likeness (QED) is 0.274. The summed E-state index contributed by atoms with van der Waals surface area (Å²) < 4.78 is 10.9. The summed E-state index contributed by atoms with van der Waals surface area (Å²) in [6.07, 6.45) is 0.00861. The van der Waals surface area contributed by atoms with E-state index in [4.69, 9.17) is 9.47 Å². The number of hydrogen-bond donors (Lipinski definition) is 5. The number of ether oxygens (including phenoxy) is 2. The van der Waals surface area contributed by atoms with E-state index in [-0.39, 0.29) is 51.0 Å². The first-order valence-electron chi connectivity index (χ1n) is 14.8. The fourth-order valence-corrected chi connectivity index (χ4v) is 5.29. The molecule has 0 unspecified atom stereocenters. The number of fused-ring (bicyclic) bond motifs is 14. The Morgan fingerprint density at radius 2 is 1.79 bits per heavy atom. The number of methoxy groups -OCH3 is 1. The number of nitrogens with one attached hydrogen (secondary N) is 4. The van der Waals surface area contributed by atoms with Crippen molar-refractivity contribution in [2.24, 2.45) is 5.92 Å². The topological polar surface area (TPSA) is 175 Å². The molecule has 5 amide bonds. The van der Waals surface area contributed by atoms with Crippen molar-refractivity contribution < 1.29 is 38.6 Å². The van der Waals surface area contributed by atoms with Gasteiger partial charge in [0.25, 0.3) is 0 Å². The largest absolute Gasteiger partial charge is 0.491 e. The molecule has 43 heavy (non-hydrogen) atoms. The van der Waals surface area contributed by atoms with Gasteiger partial charge in [-0.15, -0.1) is 0 Å². The molecule has 3 heterocycles. The van der Waals surface area contributed by atoms with Crippen LogP contribution in [0.15, 0.2) is 24.3 Å². The highest BCUT2D eigenvalue weighted by Crippen LogP contribution is 2.21. The highest BCUT2D eigenvalue weighted by atomic mass is 16.5. The second-order valence-electron chi connectivity index (χ2n) is 11.6. The molecule has 0 saturated carbocycles. The maximum Gasteiger partial charge on any atom is 0.246 e. The summed E-state index contributed by atoms with van der Waals surface area (Å²) >= 11 is 0. The molecule has 6 atom stereocenters. The zero-order valence-electron chi connectivity index (χ0n) is 25.6. The van der Waals surface area contributed by atoms with Crippen molar-refractivity contribution in [1.82, 2.24) is 26.2 Å². The van der Waals surface area contributed by atoms with Crippen LogP contribution in [-0.2, 0) is 35.1 Å². The lowest BCUT2D eigenvalue weighted by molar-refractivity contribution is -0.142.